The van der Waals surface area contributed by atoms with E-state index in [9.17, 15) is 14.0 Å². The second-order valence-corrected chi connectivity index (χ2v) is 6.68. The Labute approximate surface area is 157 Å². The molecule has 27 heavy (non-hydrogen) atoms. The summed E-state index contributed by atoms with van der Waals surface area (Å²) >= 11 is 0. The van der Waals surface area contributed by atoms with Crippen molar-refractivity contribution in [2.75, 3.05) is 10.2 Å². The molecule has 1 N–H and O–H groups in total. The van der Waals surface area contributed by atoms with Gasteiger partial charge in [0.1, 0.15) is 5.82 Å². The predicted octanol–water partition coefficient (Wildman–Crippen LogP) is 3.81. The number of aromatic nitrogens is 2. The summed E-state index contributed by atoms with van der Waals surface area (Å²) in [6.07, 6.45) is 7.46. The first kappa shape index (κ1) is 18.8. The Hall–Kier alpha value is -2.96. The number of halogens is 1. The first-order valence-corrected chi connectivity index (χ1v) is 9.03. The van der Waals surface area contributed by atoms with E-state index < -0.39 is 5.82 Å². The monoisotopic (exact) mass is 370 g/mol. The summed E-state index contributed by atoms with van der Waals surface area (Å²) in [5.74, 6) is -1.25. The highest BCUT2D eigenvalue weighted by Gasteiger charge is 2.23. The van der Waals surface area contributed by atoms with Crippen molar-refractivity contribution in [2.45, 2.75) is 45.2 Å². The van der Waals surface area contributed by atoms with Crippen LogP contribution in [0.15, 0.2) is 43.1 Å². The van der Waals surface area contributed by atoms with Crippen molar-refractivity contribution in [3.8, 4) is 0 Å². The highest BCUT2D eigenvalue weighted by atomic mass is 19.1. The van der Waals surface area contributed by atoms with Crippen molar-refractivity contribution in [3.63, 3.8) is 0 Å². The molecule has 1 aromatic carbocycles. The lowest BCUT2D eigenvalue weighted by atomic mass is 10.2. The Morgan fingerprint density at radius 1 is 1.37 bits per heavy atom. The molecule has 1 saturated carbocycles. The zero-order valence-corrected chi connectivity index (χ0v) is 15.3. The van der Waals surface area contributed by atoms with Gasteiger partial charge in [-0.15, -0.1) is 0 Å². The maximum atomic E-state index is 14.0. The third-order valence-corrected chi connectivity index (χ3v) is 4.76. The fraction of sp³-hybridized carbons (Fsp3) is 0.350. The molecule has 2 amide bonds. The topological polar surface area (TPSA) is 67.2 Å². The predicted molar refractivity (Wildman–Crippen MR) is 102 cm³/mol. The summed E-state index contributed by atoms with van der Waals surface area (Å²) in [4.78, 5) is 25.3. The molecule has 1 aliphatic rings. The van der Waals surface area contributed by atoms with Crippen molar-refractivity contribution in [1.82, 2.24) is 9.78 Å². The van der Waals surface area contributed by atoms with E-state index in [0.717, 1.165) is 18.5 Å². The Bertz CT molecular complexity index is 855. The van der Waals surface area contributed by atoms with E-state index in [4.69, 9.17) is 0 Å². The zero-order valence-electron chi connectivity index (χ0n) is 15.3. The zero-order chi connectivity index (χ0) is 19.4. The molecular formula is C20H23FN4O2. The van der Waals surface area contributed by atoms with Crippen LogP contribution in [0.1, 0.15) is 44.3 Å². The summed E-state index contributed by atoms with van der Waals surface area (Å²) in [6, 6.07) is 6.43. The standard InChI is InChI=1S/C20H23FN4O2/c1-3-20(27)24(16-8-9-18(21)19(12-16)23-14(2)26)13-17-10-11-22-25(17)15-6-4-5-7-15/h3,8-12,15H,1,4-7,13H2,2H3,(H,23,26). The van der Waals surface area contributed by atoms with E-state index >= 15 is 0 Å². The van der Waals surface area contributed by atoms with Crippen LogP contribution >= 0.6 is 0 Å². The third kappa shape index (κ3) is 4.24. The maximum absolute atomic E-state index is 14.0. The number of hydrogen-bond donors (Lipinski definition) is 1. The van der Waals surface area contributed by atoms with E-state index in [-0.39, 0.29) is 24.0 Å². The first-order valence-electron chi connectivity index (χ1n) is 9.03. The summed E-state index contributed by atoms with van der Waals surface area (Å²) in [5.41, 5.74) is 1.41. The number of carbonyl (C=O) groups excluding carboxylic acids is 2. The molecule has 0 radical (unpaired) electrons. The Balaban J connectivity index is 1.92. The molecule has 2 aromatic rings. The molecule has 3 rings (SSSR count). The number of amides is 2. The smallest absolute Gasteiger partial charge is 0.250 e. The van der Waals surface area contributed by atoms with Gasteiger partial charge in [-0.3, -0.25) is 14.3 Å². The molecule has 1 fully saturated rings. The molecule has 0 bridgehead atoms. The molecule has 0 spiro atoms. The van der Waals surface area contributed by atoms with Gasteiger partial charge in [-0.2, -0.15) is 5.10 Å². The highest BCUT2D eigenvalue weighted by molar-refractivity contribution is 6.01. The Morgan fingerprint density at radius 3 is 2.78 bits per heavy atom. The van der Waals surface area contributed by atoms with Crippen LogP contribution in [0.2, 0.25) is 0 Å². The lowest BCUT2D eigenvalue weighted by Crippen LogP contribution is -2.30. The van der Waals surface area contributed by atoms with Gasteiger partial charge in [-0.1, -0.05) is 19.4 Å². The van der Waals surface area contributed by atoms with Crippen LogP contribution in [0.4, 0.5) is 15.8 Å². The fourth-order valence-corrected chi connectivity index (χ4v) is 3.48. The van der Waals surface area contributed by atoms with Gasteiger partial charge < -0.3 is 10.2 Å². The van der Waals surface area contributed by atoms with Gasteiger partial charge >= 0.3 is 0 Å². The molecule has 7 heteroatoms. The lowest BCUT2D eigenvalue weighted by Gasteiger charge is -2.24. The van der Waals surface area contributed by atoms with Crippen LogP contribution in [0.3, 0.4) is 0 Å². The first-order chi connectivity index (χ1) is 13.0. The van der Waals surface area contributed by atoms with Gasteiger partial charge in [0.25, 0.3) is 5.91 Å². The van der Waals surface area contributed by atoms with Crippen molar-refractivity contribution >= 4 is 23.2 Å². The molecule has 1 aromatic heterocycles. The van der Waals surface area contributed by atoms with Gasteiger partial charge in [0.15, 0.2) is 0 Å². The minimum Gasteiger partial charge on any atom is -0.324 e. The molecule has 0 aliphatic heterocycles. The second kappa shape index (κ2) is 8.16. The van der Waals surface area contributed by atoms with Crippen LogP contribution < -0.4 is 10.2 Å². The van der Waals surface area contributed by atoms with Crippen molar-refractivity contribution in [3.05, 3.63) is 54.6 Å². The van der Waals surface area contributed by atoms with Gasteiger partial charge in [0.05, 0.1) is 24.0 Å². The number of nitrogens with zero attached hydrogens (tertiary/aromatic N) is 3. The molecule has 1 aliphatic carbocycles. The van der Waals surface area contributed by atoms with E-state index in [1.165, 1.54) is 48.9 Å². The Kier molecular flexibility index (Phi) is 5.69. The molecule has 142 valence electrons. The Morgan fingerprint density at radius 2 is 2.11 bits per heavy atom. The third-order valence-electron chi connectivity index (χ3n) is 4.76. The van der Waals surface area contributed by atoms with E-state index in [0.29, 0.717) is 11.7 Å². The van der Waals surface area contributed by atoms with Crippen LogP contribution in [-0.2, 0) is 16.1 Å². The quantitative estimate of drug-likeness (QED) is 0.786. The minimum absolute atomic E-state index is 0.0335. The van der Waals surface area contributed by atoms with Gasteiger partial charge in [-0.05, 0) is 43.2 Å². The van der Waals surface area contributed by atoms with Crippen LogP contribution in [-0.4, -0.2) is 21.6 Å². The normalized spacial score (nSPS) is 14.1. The SMILES string of the molecule is C=CC(=O)N(Cc1ccnn1C1CCCC1)c1ccc(F)c(NC(C)=O)c1. The largest absolute Gasteiger partial charge is 0.324 e. The summed E-state index contributed by atoms with van der Waals surface area (Å²) in [7, 11) is 0. The van der Waals surface area contributed by atoms with Gasteiger partial charge in [0, 0.05) is 18.8 Å². The number of benzene rings is 1. The van der Waals surface area contributed by atoms with E-state index in [1.54, 1.807) is 6.20 Å². The van der Waals surface area contributed by atoms with Gasteiger partial charge in [-0.25, -0.2) is 4.39 Å². The van der Waals surface area contributed by atoms with Crippen molar-refractivity contribution < 1.29 is 14.0 Å². The molecule has 6 nitrogen and oxygen atoms in total. The summed E-state index contributed by atoms with van der Waals surface area (Å²) in [6.45, 7) is 5.16. The van der Waals surface area contributed by atoms with E-state index in [2.05, 4.69) is 17.0 Å². The molecule has 0 atom stereocenters. The second-order valence-electron chi connectivity index (χ2n) is 6.68. The fourth-order valence-electron chi connectivity index (χ4n) is 3.48. The van der Waals surface area contributed by atoms with Crippen LogP contribution in [0, 0.1) is 5.82 Å². The number of rotatable bonds is 6. The lowest BCUT2D eigenvalue weighted by molar-refractivity contribution is -0.115. The average molecular weight is 370 g/mol. The minimum atomic E-state index is -0.559. The molecule has 0 unspecified atom stereocenters. The number of hydrogen-bond acceptors (Lipinski definition) is 3. The molecule has 1 heterocycles. The van der Waals surface area contributed by atoms with Gasteiger partial charge in [0.2, 0.25) is 5.91 Å². The van der Waals surface area contributed by atoms with E-state index in [1.807, 2.05) is 10.7 Å². The number of nitrogens with one attached hydrogen (secondary N) is 1. The van der Waals surface area contributed by atoms with Crippen molar-refractivity contribution in [1.29, 1.82) is 0 Å². The number of anilines is 2. The van der Waals surface area contributed by atoms with Crippen LogP contribution in [0.25, 0.3) is 0 Å². The molecule has 0 saturated heterocycles. The maximum Gasteiger partial charge on any atom is 0.250 e. The highest BCUT2D eigenvalue weighted by Crippen LogP contribution is 2.31. The molecular weight excluding hydrogens is 347 g/mol. The summed E-state index contributed by atoms with van der Waals surface area (Å²) in [5, 5.41) is 6.88. The summed E-state index contributed by atoms with van der Waals surface area (Å²) < 4.78 is 16.0. The number of carbonyl (C=O) groups is 2. The van der Waals surface area contributed by atoms with Crippen LogP contribution in [0.5, 0.6) is 0 Å². The average Bonchev–Trinajstić information content (AvgIpc) is 3.31. The van der Waals surface area contributed by atoms with Crippen molar-refractivity contribution in [2.24, 2.45) is 0 Å².